The molecule has 2 heterocycles. The average molecular weight is 999 g/mol. The van der Waals surface area contributed by atoms with Crippen LogP contribution in [0.4, 0.5) is 28.4 Å². The fourth-order valence-electron chi connectivity index (χ4n) is 11.6. The molecule has 4 nitrogen and oxygen atoms in total. The minimum Gasteiger partial charge on any atom is -0.459 e. The summed E-state index contributed by atoms with van der Waals surface area (Å²) < 4.78 is 15.3. The zero-order valence-corrected chi connectivity index (χ0v) is 42.1. The maximum absolute atomic E-state index is 7.01. The van der Waals surface area contributed by atoms with E-state index in [9.17, 15) is 0 Å². The van der Waals surface area contributed by atoms with Gasteiger partial charge in [-0.15, -0.1) is 0 Å². The van der Waals surface area contributed by atoms with Gasteiger partial charge in [-0.25, -0.2) is 0 Å². The van der Waals surface area contributed by atoms with E-state index in [1.54, 1.807) is 0 Å². The predicted molar refractivity (Wildman–Crippen MR) is 296 cm³/mol. The van der Waals surface area contributed by atoms with Crippen molar-refractivity contribution in [2.45, 2.75) is 86.5 Å². The second-order valence-corrected chi connectivity index (χ2v) is 20.8. The first-order valence-electron chi connectivity index (χ1n) is 24.4. The van der Waals surface area contributed by atoms with E-state index < -0.39 is 0 Å². The lowest BCUT2D eigenvalue weighted by atomic mass is 9.85. The van der Waals surface area contributed by atoms with Gasteiger partial charge in [0.2, 0.25) is 0 Å². The van der Waals surface area contributed by atoms with E-state index in [1.807, 2.05) is 0 Å². The summed E-state index contributed by atoms with van der Waals surface area (Å²) in [5.74, 6) is 2.15. The molecule has 0 radical (unpaired) electrons. The van der Waals surface area contributed by atoms with E-state index >= 15 is 0 Å². The van der Waals surface area contributed by atoms with Crippen LogP contribution in [0.25, 0.3) is 54.3 Å². The number of rotatable bonds is 10. The SMILES string of the molecule is CCCc1cc(N(C2=C3Oc4ccc(C)cc4C3CC(I)=C2)c2ccccc2C)c2ccc3c(CCC)cc(N(c4ccccc4C)c4cc(C)cc5c4oc4ccc(C)cc45)c4ccc1c2c34. The van der Waals surface area contributed by atoms with E-state index in [0.29, 0.717) is 0 Å². The topological polar surface area (TPSA) is 28.9 Å². The summed E-state index contributed by atoms with van der Waals surface area (Å²) in [5, 5.41) is 10.0. The third kappa shape index (κ3) is 6.75. The van der Waals surface area contributed by atoms with Crippen molar-refractivity contribution in [3.05, 3.63) is 199 Å². The van der Waals surface area contributed by atoms with Crippen molar-refractivity contribution in [3.8, 4) is 5.75 Å². The second-order valence-electron chi connectivity index (χ2n) is 19.4. The Hall–Kier alpha value is -6.57. The van der Waals surface area contributed by atoms with Crippen molar-refractivity contribution in [2.24, 2.45) is 0 Å². The molecule has 336 valence electrons. The summed E-state index contributed by atoms with van der Waals surface area (Å²) in [7, 11) is 0. The van der Waals surface area contributed by atoms with Gasteiger partial charge in [0.1, 0.15) is 17.1 Å². The Bertz CT molecular complexity index is 3760. The van der Waals surface area contributed by atoms with Gasteiger partial charge in [-0.3, -0.25) is 0 Å². The Morgan fingerprint density at radius 1 is 0.529 bits per heavy atom. The highest BCUT2D eigenvalue weighted by Crippen LogP contribution is 2.55. The van der Waals surface area contributed by atoms with Gasteiger partial charge in [0.15, 0.2) is 5.58 Å². The molecule has 0 amide bonds. The standard InChI is InChI=1S/C63H55IN2O2/c1-8-14-41-32-54(65(52-18-12-10-16-39(52)6)56-31-38(5)30-50-48-28-36(3)20-26-58(48)67-62(50)56)46-24-22-45-42(15-9-2)33-55(47-25-23-44(41)60(46)61(45)47)66(53-19-13-11-17-40(53)7)57-35-43(64)34-51-49-29-37(4)21-27-59(49)68-63(51)57/h10-13,16-33,35,51H,8-9,14-15,34H2,1-7H3. The molecule has 0 saturated heterocycles. The fourth-order valence-corrected chi connectivity index (χ4v) is 12.3. The third-order valence-electron chi connectivity index (χ3n) is 14.6. The van der Waals surface area contributed by atoms with Gasteiger partial charge in [0.25, 0.3) is 0 Å². The number of allylic oxidation sites excluding steroid dienone is 3. The zero-order valence-electron chi connectivity index (χ0n) is 40.0. The highest BCUT2D eigenvalue weighted by atomic mass is 127. The normalized spacial score (nSPS) is 14.6. The second kappa shape index (κ2) is 16.6. The molecule has 10 aromatic rings. The molecule has 12 rings (SSSR count). The number of benzene rings is 9. The fraction of sp³-hybridized carbons (Fsp3) is 0.206. The highest BCUT2D eigenvalue weighted by molar-refractivity contribution is 14.1. The Labute approximate surface area is 413 Å². The lowest BCUT2D eigenvalue weighted by molar-refractivity contribution is 0.418. The molecular weight excluding hydrogens is 944 g/mol. The maximum Gasteiger partial charge on any atom is 0.159 e. The molecule has 0 N–H and O–H groups in total. The summed E-state index contributed by atoms with van der Waals surface area (Å²) in [6.45, 7) is 15.7. The number of furan rings is 1. The van der Waals surface area contributed by atoms with Crippen LogP contribution in [-0.4, -0.2) is 0 Å². The molecule has 9 aromatic carbocycles. The number of ether oxygens (including phenoxy) is 1. The molecule has 0 saturated carbocycles. The van der Waals surface area contributed by atoms with Crippen LogP contribution in [0, 0.1) is 34.6 Å². The van der Waals surface area contributed by atoms with E-state index in [2.05, 4.69) is 220 Å². The minimum atomic E-state index is 0.147. The monoisotopic (exact) mass is 998 g/mol. The van der Waals surface area contributed by atoms with E-state index in [-0.39, 0.29) is 5.92 Å². The summed E-state index contributed by atoms with van der Waals surface area (Å²) in [6.07, 6.45) is 7.30. The molecule has 1 aromatic heterocycles. The largest absolute Gasteiger partial charge is 0.459 e. The first-order chi connectivity index (χ1) is 33.1. The van der Waals surface area contributed by atoms with Crippen LogP contribution in [0.3, 0.4) is 0 Å². The molecule has 0 bridgehead atoms. The van der Waals surface area contributed by atoms with Crippen LogP contribution in [0.2, 0.25) is 0 Å². The van der Waals surface area contributed by atoms with Gasteiger partial charge < -0.3 is 19.0 Å². The van der Waals surface area contributed by atoms with Gasteiger partial charge in [0, 0.05) is 38.5 Å². The molecule has 0 spiro atoms. The molecule has 1 unspecified atom stereocenters. The lowest BCUT2D eigenvalue weighted by Gasteiger charge is -2.34. The molecule has 68 heavy (non-hydrogen) atoms. The van der Waals surface area contributed by atoms with Crippen molar-refractivity contribution in [2.75, 3.05) is 9.80 Å². The minimum absolute atomic E-state index is 0.147. The quantitative estimate of drug-likeness (QED) is 0.101. The van der Waals surface area contributed by atoms with Gasteiger partial charge in [-0.1, -0.05) is 117 Å². The smallest absolute Gasteiger partial charge is 0.159 e. The first kappa shape index (κ1) is 42.8. The summed E-state index contributed by atoms with van der Waals surface area (Å²) in [4.78, 5) is 5.05. The average Bonchev–Trinajstić information content (AvgIpc) is 3.88. The molecule has 5 heteroatoms. The van der Waals surface area contributed by atoms with Crippen LogP contribution in [-0.2, 0) is 12.8 Å². The molecule has 1 aliphatic heterocycles. The predicted octanol–water partition coefficient (Wildman–Crippen LogP) is 18.6. The van der Waals surface area contributed by atoms with Crippen LogP contribution in [0.5, 0.6) is 5.75 Å². The van der Waals surface area contributed by atoms with Gasteiger partial charge in [-0.05, 0) is 190 Å². The zero-order chi connectivity index (χ0) is 46.5. The molecule has 0 fully saturated rings. The van der Waals surface area contributed by atoms with Crippen molar-refractivity contribution < 1.29 is 9.15 Å². The number of fused-ring (bicyclic) bond motifs is 6. The lowest BCUT2D eigenvalue weighted by Crippen LogP contribution is -2.23. The number of hydrogen-bond donors (Lipinski definition) is 0. The molecule has 1 aliphatic carbocycles. The van der Waals surface area contributed by atoms with E-state index in [4.69, 9.17) is 9.15 Å². The van der Waals surface area contributed by atoms with Gasteiger partial charge in [0.05, 0.1) is 28.7 Å². The number of halogens is 1. The number of nitrogens with zero attached hydrogens (tertiary/aromatic N) is 2. The Balaban J connectivity index is 1.19. The van der Waals surface area contributed by atoms with Gasteiger partial charge >= 0.3 is 0 Å². The highest BCUT2D eigenvalue weighted by Gasteiger charge is 2.38. The number of aryl methyl sites for hydroxylation is 7. The van der Waals surface area contributed by atoms with Crippen molar-refractivity contribution in [1.29, 1.82) is 0 Å². The van der Waals surface area contributed by atoms with Crippen LogP contribution in [0.15, 0.2) is 159 Å². The number of hydrogen-bond acceptors (Lipinski definition) is 4. The maximum atomic E-state index is 7.01. The van der Waals surface area contributed by atoms with E-state index in [0.717, 1.165) is 94.0 Å². The van der Waals surface area contributed by atoms with Crippen LogP contribution in [0.1, 0.15) is 83.5 Å². The molecular formula is C63H55IN2O2. The molecule has 2 aliphatic rings. The Morgan fingerprint density at radius 2 is 1.10 bits per heavy atom. The van der Waals surface area contributed by atoms with Gasteiger partial charge in [-0.2, -0.15) is 0 Å². The summed E-state index contributed by atoms with van der Waals surface area (Å²) in [6, 6.07) is 50.2. The van der Waals surface area contributed by atoms with Crippen LogP contribution < -0.4 is 14.5 Å². The third-order valence-corrected chi connectivity index (χ3v) is 15.4. The van der Waals surface area contributed by atoms with Crippen molar-refractivity contribution in [1.82, 2.24) is 0 Å². The summed E-state index contributed by atoms with van der Waals surface area (Å²) >= 11 is 2.57. The Kier molecular flexibility index (Phi) is 10.4. The van der Waals surface area contributed by atoms with Crippen LogP contribution >= 0.6 is 22.6 Å². The first-order valence-corrected chi connectivity index (χ1v) is 25.5. The number of para-hydroxylation sites is 2. The number of anilines is 5. The van der Waals surface area contributed by atoms with E-state index in [1.165, 1.54) is 86.1 Å². The van der Waals surface area contributed by atoms with Crippen molar-refractivity contribution in [3.63, 3.8) is 0 Å². The Morgan fingerprint density at radius 3 is 1.75 bits per heavy atom. The van der Waals surface area contributed by atoms with Crippen molar-refractivity contribution >= 4 is 105 Å². The summed E-state index contributed by atoms with van der Waals surface area (Å²) in [5.41, 5.74) is 18.7. The molecule has 1 atom stereocenters.